The molecule has 176 valence electrons. The Kier molecular flexibility index (Phi) is 11.4. The molecule has 1 saturated carbocycles. The van der Waals surface area contributed by atoms with E-state index in [-0.39, 0.29) is 24.0 Å². The number of hydrogen-bond acceptors (Lipinski definition) is 4. The molecule has 2 fully saturated rings. The monoisotopic (exact) mass is 544 g/mol. The average Bonchev–Trinajstić information content (AvgIpc) is 2.76. The third kappa shape index (κ3) is 8.09. The van der Waals surface area contributed by atoms with E-state index in [0.717, 1.165) is 57.4 Å². The van der Waals surface area contributed by atoms with Gasteiger partial charge in [-0.1, -0.05) is 25.5 Å². The lowest BCUT2D eigenvalue weighted by molar-refractivity contribution is 0.0392. The van der Waals surface area contributed by atoms with Gasteiger partial charge in [-0.2, -0.15) is 0 Å². The van der Waals surface area contributed by atoms with Crippen molar-refractivity contribution in [3.63, 3.8) is 0 Å². The molecule has 0 spiro atoms. The molecule has 0 amide bonds. The highest BCUT2D eigenvalue weighted by Crippen LogP contribution is 2.42. The van der Waals surface area contributed by atoms with E-state index < -0.39 is 0 Å². The minimum Gasteiger partial charge on any atom is -0.492 e. The molecule has 0 aromatic heterocycles. The SMILES string of the molecule is CCC1(CNC(=NC)NCc2cccc(OCCN(C)C3CCOCC3)c2)CCC1.I. The molecule has 0 bridgehead atoms. The smallest absolute Gasteiger partial charge is 0.191 e. The van der Waals surface area contributed by atoms with Crippen LogP contribution in [0.5, 0.6) is 5.75 Å². The van der Waals surface area contributed by atoms with E-state index in [0.29, 0.717) is 18.1 Å². The van der Waals surface area contributed by atoms with E-state index in [9.17, 15) is 0 Å². The largest absolute Gasteiger partial charge is 0.492 e. The zero-order valence-corrected chi connectivity index (χ0v) is 21.8. The Morgan fingerprint density at radius 1 is 1.26 bits per heavy atom. The van der Waals surface area contributed by atoms with Crippen LogP contribution in [0, 0.1) is 5.41 Å². The molecule has 1 aliphatic heterocycles. The molecule has 31 heavy (non-hydrogen) atoms. The molecule has 2 N–H and O–H groups in total. The molecule has 3 rings (SSSR count). The zero-order chi connectivity index (χ0) is 21.2. The minimum atomic E-state index is 0. The molecule has 7 heteroatoms. The van der Waals surface area contributed by atoms with E-state index >= 15 is 0 Å². The number of ether oxygens (including phenoxy) is 2. The number of rotatable bonds is 10. The fraction of sp³-hybridized carbons (Fsp3) is 0.708. The van der Waals surface area contributed by atoms with Crippen LogP contribution in [0.1, 0.15) is 51.0 Å². The highest BCUT2D eigenvalue weighted by atomic mass is 127. The first-order chi connectivity index (χ1) is 14.6. The Balaban J connectivity index is 0.00000341. The molecular weight excluding hydrogens is 503 g/mol. The van der Waals surface area contributed by atoms with Crippen molar-refractivity contribution >= 4 is 29.9 Å². The zero-order valence-electron chi connectivity index (χ0n) is 19.5. The van der Waals surface area contributed by atoms with Gasteiger partial charge in [-0.15, -0.1) is 24.0 Å². The van der Waals surface area contributed by atoms with E-state index in [1.165, 1.54) is 31.2 Å². The lowest BCUT2D eigenvalue weighted by atomic mass is 9.67. The third-order valence-corrected chi connectivity index (χ3v) is 6.90. The molecule has 0 atom stereocenters. The average molecular weight is 545 g/mol. The van der Waals surface area contributed by atoms with Crippen molar-refractivity contribution in [3.8, 4) is 5.75 Å². The number of nitrogens with zero attached hydrogens (tertiary/aromatic N) is 2. The van der Waals surface area contributed by atoms with Crippen LogP contribution < -0.4 is 15.4 Å². The van der Waals surface area contributed by atoms with E-state index in [4.69, 9.17) is 9.47 Å². The molecule has 0 unspecified atom stereocenters. The maximum atomic E-state index is 6.02. The summed E-state index contributed by atoms with van der Waals surface area (Å²) < 4.78 is 11.5. The van der Waals surface area contributed by atoms with Crippen molar-refractivity contribution in [1.82, 2.24) is 15.5 Å². The van der Waals surface area contributed by atoms with Crippen molar-refractivity contribution in [1.29, 1.82) is 0 Å². The first-order valence-electron chi connectivity index (χ1n) is 11.6. The van der Waals surface area contributed by atoms with E-state index in [1.807, 2.05) is 13.1 Å². The molecule has 1 saturated heterocycles. The molecule has 6 nitrogen and oxygen atoms in total. The van der Waals surface area contributed by atoms with Gasteiger partial charge in [0.1, 0.15) is 12.4 Å². The van der Waals surface area contributed by atoms with Crippen LogP contribution in [0.3, 0.4) is 0 Å². The first kappa shape index (κ1) is 26.2. The van der Waals surface area contributed by atoms with Crippen molar-refractivity contribution in [3.05, 3.63) is 29.8 Å². The van der Waals surface area contributed by atoms with Gasteiger partial charge in [0.25, 0.3) is 0 Å². The summed E-state index contributed by atoms with van der Waals surface area (Å²) in [6.45, 7) is 7.43. The van der Waals surface area contributed by atoms with Gasteiger partial charge in [-0.3, -0.25) is 9.89 Å². The highest BCUT2D eigenvalue weighted by Gasteiger charge is 2.34. The summed E-state index contributed by atoms with van der Waals surface area (Å²) in [5.41, 5.74) is 1.67. The molecule has 2 aliphatic rings. The van der Waals surface area contributed by atoms with Crippen LogP contribution in [0.25, 0.3) is 0 Å². The molecule has 1 aromatic rings. The number of guanidine groups is 1. The minimum absolute atomic E-state index is 0. The maximum absolute atomic E-state index is 6.02. The van der Waals surface area contributed by atoms with Gasteiger partial charge in [-0.05, 0) is 62.3 Å². The van der Waals surface area contributed by atoms with E-state index in [1.54, 1.807) is 0 Å². The summed E-state index contributed by atoms with van der Waals surface area (Å²) in [5, 5.41) is 6.96. The molecule has 1 aromatic carbocycles. The Morgan fingerprint density at radius 3 is 2.68 bits per heavy atom. The summed E-state index contributed by atoms with van der Waals surface area (Å²) in [6.07, 6.45) is 7.49. The predicted octanol–water partition coefficient (Wildman–Crippen LogP) is 4.04. The Morgan fingerprint density at radius 2 is 2.03 bits per heavy atom. The Bertz CT molecular complexity index is 670. The Hall–Kier alpha value is -1.06. The number of halogens is 1. The van der Waals surface area contributed by atoms with Crippen molar-refractivity contribution < 1.29 is 9.47 Å². The van der Waals surface area contributed by atoms with Gasteiger partial charge in [0.05, 0.1) is 0 Å². The number of hydrogen-bond donors (Lipinski definition) is 2. The highest BCUT2D eigenvalue weighted by molar-refractivity contribution is 14.0. The Labute approximate surface area is 205 Å². The molecule has 1 heterocycles. The maximum Gasteiger partial charge on any atom is 0.191 e. The normalized spacial score (nSPS) is 18.8. The van der Waals surface area contributed by atoms with Gasteiger partial charge in [0, 0.05) is 45.9 Å². The van der Waals surface area contributed by atoms with Gasteiger partial charge in [0.15, 0.2) is 5.96 Å². The number of benzene rings is 1. The standard InChI is InChI=1S/C24H40N4O2.HI/c1-4-24(11-6-12-24)19-27-23(25-2)26-18-20-7-5-8-22(17-20)30-16-13-28(3)21-9-14-29-15-10-21;/h5,7-8,17,21H,4,6,9-16,18-19H2,1-3H3,(H2,25,26,27);1H. The quantitative estimate of drug-likeness (QED) is 0.265. The van der Waals surface area contributed by atoms with Gasteiger partial charge >= 0.3 is 0 Å². The second-order valence-corrected chi connectivity index (χ2v) is 8.81. The van der Waals surface area contributed by atoms with Crippen LogP contribution in [-0.4, -0.2) is 63.9 Å². The summed E-state index contributed by atoms with van der Waals surface area (Å²) in [7, 11) is 4.02. The second-order valence-electron chi connectivity index (χ2n) is 8.81. The fourth-order valence-electron chi connectivity index (χ4n) is 4.37. The van der Waals surface area contributed by atoms with E-state index in [2.05, 4.69) is 52.7 Å². The van der Waals surface area contributed by atoms with Crippen LogP contribution >= 0.6 is 24.0 Å². The summed E-state index contributed by atoms with van der Waals surface area (Å²) >= 11 is 0. The summed E-state index contributed by atoms with van der Waals surface area (Å²) in [5.74, 6) is 1.80. The summed E-state index contributed by atoms with van der Waals surface area (Å²) in [6, 6.07) is 8.95. The first-order valence-corrected chi connectivity index (χ1v) is 11.6. The molecular formula is C24H41IN4O2. The molecule has 1 aliphatic carbocycles. The summed E-state index contributed by atoms with van der Waals surface area (Å²) in [4.78, 5) is 6.78. The number of aliphatic imine (C=N–C) groups is 1. The van der Waals surface area contributed by atoms with Gasteiger partial charge in [-0.25, -0.2) is 0 Å². The third-order valence-electron chi connectivity index (χ3n) is 6.90. The molecule has 0 radical (unpaired) electrons. The lowest BCUT2D eigenvalue weighted by Gasteiger charge is -2.41. The van der Waals surface area contributed by atoms with Crippen molar-refractivity contribution in [2.24, 2.45) is 10.4 Å². The van der Waals surface area contributed by atoms with Crippen molar-refractivity contribution in [2.45, 2.75) is 58.0 Å². The van der Waals surface area contributed by atoms with Crippen molar-refractivity contribution in [2.75, 3.05) is 47.0 Å². The van der Waals surface area contributed by atoms with Gasteiger partial charge < -0.3 is 20.1 Å². The number of nitrogens with one attached hydrogen (secondary N) is 2. The fourth-order valence-corrected chi connectivity index (χ4v) is 4.37. The van der Waals surface area contributed by atoms with Crippen LogP contribution in [-0.2, 0) is 11.3 Å². The lowest BCUT2D eigenvalue weighted by Crippen LogP contribution is -2.46. The van der Waals surface area contributed by atoms with Crippen LogP contribution in [0.2, 0.25) is 0 Å². The number of likely N-dealkylation sites (N-methyl/N-ethyl adjacent to an activating group) is 1. The topological polar surface area (TPSA) is 58.1 Å². The van der Waals surface area contributed by atoms with Crippen LogP contribution in [0.15, 0.2) is 29.3 Å². The second kappa shape index (κ2) is 13.5. The van der Waals surface area contributed by atoms with Gasteiger partial charge in [0.2, 0.25) is 0 Å². The van der Waals surface area contributed by atoms with Crippen LogP contribution in [0.4, 0.5) is 0 Å². The predicted molar refractivity (Wildman–Crippen MR) is 139 cm³/mol.